The molecule has 0 fully saturated rings. The van der Waals surface area contributed by atoms with Gasteiger partial charge in [0.25, 0.3) is 0 Å². The van der Waals surface area contributed by atoms with E-state index in [-0.39, 0.29) is 5.97 Å². The minimum absolute atomic E-state index is 0.387. The van der Waals surface area contributed by atoms with Crippen LogP contribution in [0.3, 0.4) is 0 Å². The van der Waals surface area contributed by atoms with Gasteiger partial charge in [-0.05, 0) is 74.9 Å². The number of hydrogen-bond acceptors (Lipinski definition) is 4. The summed E-state index contributed by atoms with van der Waals surface area (Å²) in [5, 5.41) is 0. The molecule has 2 aromatic rings. The molecule has 0 amide bonds. The summed E-state index contributed by atoms with van der Waals surface area (Å²) in [6.07, 6.45) is 1.25. The number of methoxy groups -OCH3 is 1. The number of fused-ring (bicyclic) bond motifs is 1. The van der Waals surface area contributed by atoms with Crippen LogP contribution >= 0.6 is 0 Å². The number of rotatable bonds is 4. The van der Waals surface area contributed by atoms with Gasteiger partial charge >= 0.3 is 5.97 Å². The monoisotopic (exact) mass is 368 g/mol. The zero-order valence-electron chi connectivity index (χ0n) is 16.8. The Morgan fingerprint density at radius 1 is 1.19 bits per heavy atom. The van der Waals surface area contributed by atoms with Gasteiger partial charge in [-0.3, -0.25) is 0 Å². The van der Waals surface area contributed by atoms with Crippen molar-refractivity contribution in [3.8, 4) is 16.9 Å². The van der Waals surface area contributed by atoms with Crippen molar-refractivity contribution in [2.45, 2.75) is 52.2 Å². The largest absolute Gasteiger partial charge is 0.493 e. The van der Waals surface area contributed by atoms with Crippen LogP contribution in [0.25, 0.3) is 11.1 Å². The Hall–Kier alpha value is -2.33. The first-order valence-electron chi connectivity index (χ1n) is 9.41. The molecule has 1 aliphatic rings. The lowest BCUT2D eigenvalue weighted by molar-refractivity contribution is -0.164. The minimum atomic E-state index is -0.779. The number of carbonyl (C=O) groups excluding carboxylic acids is 1. The van der Waals surface area contributed by atoms with Crippen LogP contribution in [0, 0.1) is 6.92 Å². The Balaban J connectivity index is 2.12. The highest BCUT2D eigenvalue weighted by Gasteiger charge is 2.31. The first-order valence-corrected chi connectivity index (χ1v) is 9.41. The molecular formula is C23H28O4. The van der Waals surface area contributed by atoms with Gasteiger partial charge in [0.1, 0.15) is 5.75 Å². The second-order valence-electron chi connectivity index (χ2n) is 7.94. The van der Waals surface area contributed by atoms with E-state index in [1.54, 1.807) is 0 Å². The summed E-state index contributed by atoms with van der Waals surface area (Å²) < 4.78 is 16.9. The Kier molecular flexibility index (Phi) is 5.56. The number of carbonyl (C=O) groups is 1. The SMILES string of the molecule is COC(=O)C(OC(C)(C)C)c1c(C)cccc1-c1ccc2c(c1)CCCO2. The maximum atomic E-state index is 12.6. The van der Waals surface area contributed by atoms with Crippen molar-refractivity contribution in [1.82, 2.24) is 0 Å². The smallest absolute Gasteiger partial charge is 0.339 e. The Labute approximate surface area is 161 Å². The van der Waals surface area contributed by atoms with Crippen LogP contribution in [-0.2, 0) is 20.7 Å². The summed E-state index contributed by atoms with van der Waals surface area (Å²) in [7, 11) is 1.40. The van der Waals surface area contributed by atoms with Gasteiger partial charge in [-0.25, -0.2) is 4.79 Å². The van der Waals surface area contributed by atoms with E-state index in [1.165, 1.54) is 12.7 Å². The molecule has 0 aliphatic carbocycles. The van der Waals surface area contributed by atoms with E-state index in [1.807, 2.05) is 58.0 Å². The van der Waals surface area contributed by atoms with Gasteiger partial charge < -0.3 is 14.2 Å². The van der Waals surface area contributed by atoms with Crippen LogP contribution in [0.1, 0.15) is 50.0 Å². The third-order valence-corrected chi connectivity index (χ3v) is 4.69. The van der Waals surface area contributed by atoms with Gasteiger partial charge in [-0.1, -0.05) is 24.3 Å². The van der Waals surface area contributed by atoms with Gasteiger partial charge in [0.15, 0.2) is 6.10 Å². The second kappa shape index (κ2) is 7.73. The highest BCUT2D eigenvalue weighted by molar-refractivity contribution is 5.82. The Morgan fingerprint density at radius 2 is 1.96 bits per heavy atom. The van der Waals surface area contributed by atoms with Gasteiger partial charge in [0.05, 0.1) is 19.3 Å². The standard InChI is InChI=1S/C23H28O4/c1-15-8-6-10-18(16-11-12-19-17(14-16)9-7-13-26-19)20(15)21(22(24)25-5)27-23(2,3)4/h6,8,10-12,14,21H,7,9,13H2,1-5H3. The maximum absolute atomic E-state index is 12.6. The van der Waals surface area contributed by atoms with Crippen LogP contribution in [-0.4, -0.2) is 25.3 Å². The highest BCUT2D eigenvalue weighted by atomic mass is 16.6. The average molecular weight is 368 g/mol. The van der Waals surface area contributed by atoms with E-state index < -0.39 is 11.7 Å². The van der Waals surface area contributed by atoms with E-state index in [2.05, 4.69) is 6.07 Å². The number of ether oxygens (including phenoxy) is 3. The van der Waals surface area contributed by atoms with Crippen LogP contribution in [0.15, 0.2) is 36.4 Å². The van der Waals surface area contributed by atoms with E-state index in [0.717, 1.165) is 47.5 Å². The van der Waals surface area contributed by atoms with E-state index in [9.17, 15) is 4.79 Å². The lowest BCUT2D eigenvalue weighted by Crippen LogP contribution is -2.29. The lowest BCUT2D eigenvalue weighted by atomic mass is 9.90. The predicted molar refractivity (Wildman–Crippen MR) is 106 cm³/mol. The molecule has 0 saturated heterocycles. The fraction of sp³-hybridized carbons (Fsp3) is 0.435. The first-order chi connectivity index (χ1) is 12.8. The molecule has 0 bridgehead atoms. The minimum Gasteiger partial charge on any atom is -0.493 e. The topological polar surface area (TPSA) is 44.8 Å². The summed E-state index contributed by atoms with van der Waals surface area (Å²) in [4.78, 5) is 12.6. The molecule has 4 nitrogen and oxygen atoms in total. The molecule has 2 aromatic carbocycles. The van der Waals surface area contributed by atoms with Crippen LogP contribution in [0.4, 0.5) is 0 Å². The van der Waals surface area contributed by atoms with Crippen molar-refractivity contribution in [3.63, 3.8) is 0 Å². The molecule has 144 valence electrons. The number of benzene rings is 2. The van der Waals surface area contributed by atoms with Crippen molar-refractivity contribution in [1.29, 1.82) is 0 Å². The molecule has 0 N–H and O–H groups in total. The van der Waals surface area contributed by atoms with Crippen LogP contribution < -0.4 is 4.74 Å². The Bertz CT molecular complexity index is 833. The molecule has 27 heavy (non-hydrogen) atoms. The fourth-order valence-electron chi connectivity index (χ4n) is 3.49. The molecule has 1 unspecified atom stereocenters. The van der Waals surface area contributed by atoms with Gasteiger partial charge in [-0.15, -0.1) is 0 Å². The maximum Gasteiger partial charge on any atom is 0.339 e. The fourth-order valence-corrected chi connectivity index (χ4v) is 3.49. The Morgan fingerprint density at radius 3 is 2.67 bits per heavy atom. The quantitative estimate of drug-likeness (QED) is 0.711. The normalized spacial score (nSPS) is 14.9. The second-order valence-corrected chi connectivity index (χ2v) is 7.94. The van der Waals surface area contributed by atoms with Crippen molar-refractivity contribution in [2.75, 3.05) is 13.7 Å². The highest BCUT2D eigenvalue weighted by Crippen LogP contribution is 2.38. The summed E-state index contributed by atoms with van der Waals surface area (Å²) in [6, 6.07) is 12.3. The summed E-state index contributed by atoms with van der Waals surface area (Å²) in [5.41, 5.74) is 4.63. The van der Waals surface area contributed by atoms with E-state index in [4.69, 9.17) is 14.2 Å². The van der Waals surface area contributed by atoms with Gasteiger partial charge in [-0.2, -0.15) is 0 Å². The summed E-state index contributed by atoms with van der Waals surface area (Å²) in [6.45, 7) is 8.60. The zero-order chi connectivity index (χ0) is 19.6. The van der Waals surface area contributed by atoms with Crippen LogP contribution in [0.2, 0.25) is 0 Å². The van der Waals surface area contributed by atoms with Crippen LogP contribution in [0.5, 0.6) is 5.75 Å². The summed E-state index contributed by atoms with van der Waals surface area (Å²) >= 11 is 0. The molecule has 0 saturated carbocycles. The summed E-state index contributed by atoms with van der Waals surface area (Å²) in [5.74, 6) is 0.566. The third kappa shape index (κ3) is 4.33. The molecule has 1 heterocycles. The predicted octanol–water partition coefficient (Wildman–Crippen LogP) is 5.02. The van der Waals surface area contributed by atoms with Crippen molar-refractivity contribution in [2.24, 2.45) is 0 Å². The van der Waals surface area contributed by atoms with E-state index in [0.29, 0.717) is 0 Å². The van der Waals surface area contributed by atoms with Gasteiger partial charge in [0, 0.05) is 5.56 Å². The molecule has 0 radical (unpaired) electrons. The third-order valence-electron chi connectivity index (χ3n) is 4.69. The molecular weight excluding hydrogens is 340 g/mol. The molecule has 0 aromatic heterocycles. The molecule has 0 spiro atoms. The number of esters is 1. The average Bonchev–Trinajstić information content (AvgIpc) is 2.64. The molecule has 3 rings (SSSR count). The molecule has 4 heteroatoms. The first kappa shape index (κ1) is 19.4. The van der Waals surface area contributed by atoms with Gasteiger partial charge in [0.2, 0.25) is 0 Å². The zero-order valence-corrected chi connectivity index (χ0v) is 16.8. The lowest BCUT2D eigenvalue weighted by Gasteiger charge is -2.29. The number of aryl methyl sites for hydroxylation is 2. The molecule has 1 atom stereocenters. The number of hydrogen-bond donors (Lipinski definition) is 0. The van der Waals surface area contributed by atoms with Crippen molar-refractivity contribution >= 4 is 5.97 Å². The van der Waals surface area contributed by atoms with Crippen molar-refractivity contribution < 1.29 is 19.0 Å². The van der Waals surface area contributed by atoms with Crippen molar-refractivity contribution in [3.05, 3.63) is 53.1 Å². The molecule has 1 aliphatic heterocycles. The van der Waals surface area contributed by atoms with E-state index >= 15 is 0 Å².